The minimum absolute atomic E-state index is 0.109. The summed E-state index contributed by atoms with van der Waals surface area (Å²) in [6.45, 7) is 3.39. The molecule has 0 spiro atoms. The van der Waals surface area contributed by atoms with Gasteiger partial charge in [-0.25, -0.2) is 9.36 Å². The predicted octanol–water partition coefficient (Wildman–Crippen LogP) is 2.50. The summed E-state index contributed by atoms with van der Waals surface area (Å²) in [7, 11) is -4.85. The monoisotopic (exact) mass is 292 g/mol. The largest absolute Gasteiger partial charge is 0.527 e. The lowest BCUT2D eigenvalue weighted by molar-refractivity contribution is -0.131. The van der Waals surface area contributed by atoms with Crippen molar-refractivity contribution >= 4 is 19.6 Å². The highest BCUT2D eigenvalue weighted by Gasteiger charge is 2.21. The minimum Gasteiger partial charge on any atom is -0.367 e. The molecule has 0 heterocycles. The number of phosphoric acid groups is 1. The van der Waals surface area contributed by atoms with Crippen LogP contribution in [0.4, 0.5) is 0 Å². The second kappa shape index (κ2) is 9.02. The quantitative estimate of drug-likeness (QED) is 0.384. The van der Waals surface area contributed by atoms with Crippen molar-refractivity contribution in [2.24, 2.45) is 0 Å². The third-order valence-corrected chi connectivity index (χ3v) is 2.83. The Morgan fingerprint density at radius 3 is 2.26 bits per heavy atom. The Labute approximate surface area is 113 Å². The molecule has 0 unspecified atom stereocenters. The lowest BCUT2D eigenvalue weighted by Gasteiger charge is -2.04. The van der Waals surface area contributed by atoms with Gasteiger partial charge in [0.25, 0.3) is 0 Å². The van der Waals surface area contributed by atoms with E-state index in [2.05, 4.69) is 11.4 Å². The van der Waals surface area contributed by atoms with Crippen molar-refractivity contribution in [3.8, 4) is 0 Å². The zero-order valence-corrected chi connectivity index (χ0v) is 12.2. The molecule has 19 heavy (non-hydrogen) atoms. The average molecular weight is 292 g/mol. The summed E-state index contributed by atoms with van der Waals surface area (Å²) in [5.74, 6) is -1.41. The van der Waals surface area contributed by atoms with Crippen molar-refractivity contribution in [2.75, 3.05) is 0 Å². The molecule has 0 aromatic heterocycles. The van der Waals surface area contributed by atoms with E-state index in [0.29, 0.717) is 6.42 Å². The molecule has 2 N–H and O–H groups in total. The zero-order chi connectivity index (χ0) is 14.9. The van der Waals surface area contributed by atoms with Gasteiger partial charge >= 0.3 is 13.8 Å². The first-order valence-electron chi connectivity index (χ1n) is 6.27. The van der Waals surface area contributed by atoms with E-state index in [1.807, 2.05) is 0 Å². The molecule has 0 aliphatic carbocycles. The highest BCUT2D eigenvalue weighted by Crippen LogP contribution is 2.36. The number of ketones is 1. The van der Waals surface area contributed by atoms with E-state index in [9.17, 15) is 14.2 Å². The van der Waals surface area contributed by atoms with E-state index >= 15 is 0 Å². The van der Waals surface area contributed by atoms with Crippen LogP contribution in [0.5, 0.6) is 0 Å². The maximum absolute atomic E-state index is 11.5. The van der Waals surface area contributed by atoms with Crippen LogP contribution >= 0.6 is 7.82 Å². The van der Waals surface area contributed by atoms with Crippen LogP contribution in [-0.2, 0) is 18.7 Å². The van der Waals surface area contributed by atoms with Crippen LogP contribution in [0.3, 0.4) is 0 Å². The Morgan fingerprint density at radius 2 is 1.74 bits per heavy atom. The molecule has 0 aliphatic heterocycles. The molecule has 0 amide bonds. The summed E-state index contributed by atoms with van der Waals surface area (Å²) in [4.78, 5) is 39.6. The third-order valence-electron chi connectivity index (χ3n) is 2.43. The van der Waals surface area contributed by atoms with Gasteiger partial charge in [-0.2, -0.15) is 0 Å². The SMILES string of the molecule is CCCCCCCC(=O)C=C(C)C(=O)OP(=O)(O)O. The van der Waals surface area contributed by atoms with Crippen LogP contribution in [0, 0.1) is 0 Å². The van der Waals surface area contributed by atoms with E-state index in [1.54, 1.807) is 0 Å². The van der Waals surface area contributed by atoms with Crippen LogP contribution in [0.2, 0.25) is 0 Å². The van der Waals surface area contributed by atoms with Gasteiger partial charge in [0, 0.05) is 12.0 Å². The predicted molar refractivity (Wildman–Crippen MR) is 70.3 cm³/mol. The van der Waals surface area contributed by atoms with Crippen molar-refractivity contribution in [3.05, 3.63) is 11.6 Å². The maximum atomic E-state index is 11.5. The minimum atomic E-state index is -4.85. The number of phosphoric ester groups is 1. The molecule has 0 aliphatic rings. The fourth-order valence-corrected chi connectivity index (χ4v) is 1.82. The summed E-state index contributed by atoms with van der Waals surface area (Å²) < 4.78 is 14.3. The van der Waals surface area contributed by atoms with Crippen LogP contribution in [0.25, 0.3) is 0 Å². The summed E-state index contributed by atoms with van der Waals surface area (Å²) in [6.07, 6.45) is 6.43. The lowest BCUT2D eigenvalue weighted by atomic mass is 10.1. The van der Waals surface area contributed by atoms with Gasteiger partial charge < -0.3 is 4.52 Å². The molecule has 7 heteroatoms. The number of carbonyl (C=O) groups excluding carboxylic acids is 2. The first-order chi connectivity index (χ1) is 8.76. The number of allylic oxidation sites excluding steroid dienone is 1. The summed E-state index contributed by atoms with van der Waals surface area (Å²) >= 11 is 0. The summed E-state index contributed by atoms with van der Waals surface area (Å²) in [5, 5.41) is 0. The van der Waals surface area contributed by atoms with Gasteiger partial charge in [0.05, 0.1) is 0 Å². The fraction of sp³-hybridized carbons (Fsp3) is 0.667. The number of unbranched alkanes of at least 4 members (excludes halogenated alkanes) is 4. The molecule has 0 aromatic carbocycles. The standard InChI is InChI=1S/C12H21O6P/c1-3-4-5-6-7-8-11(13)9-10(2)12(14)18-19(15,16)17/h9H,3-8H2,1-2H3,(H2,15,16,17). The molecule has 0 atom stereocenters. The van der Waals surface area contributed by atoms with Gasteiger partial charge in [0.1, 0.15) is 0 Å². The van der Waals surface area contributed by atoms with Crippen molar-refractivity contribution in [1.29, 1.82) is 0 Å². The number of hydrogen-bond acceptors (Lipinski definition) is 4. The van der Waals surface area contributed by atoms with Crippen molar-refractivity contribution in [3.63, 3.8) is 0 Å². The average Bonchev–Trinajstić information content (AvgIpc) is 2.26. The maximum Gasteiger partial charge on any atom is 0.527 e. The first kappa shape index (κ1) is 18.0. The van der Waals surface area contributed by atoms with Crippen LogP contribution < -0.4 is 0 Å². The second-order valence-corrected chi connectivity index (χ2v) is 5.49. The smallest absolute Gasteiger partial charge is 0.367 e. The van der Waals surface area contributed by atoms with Gasteiger partial charge in [0.2, 0.25) is 0 Å². The first-order valence-corrected chi connectivity index (χ1v) is 7.80. The molecule has 0 bridgehead atoms. The van der Waals surface area contributed by atoms with Gasteiger partial charge in [-0.1, -0.05) is 32.6 Å². The fourth-order valence-electron chi connectivity index (χ4n) is 1.46. The van der Waals surface area contributed by atoms with E-state index in [4.69, 9.17) is 9.79 Å². The highest BCUT2D eigenvalue weighted by atomic mass is 31.2. The van der Waals surface area contributed by atoms with Crippen LogP contribution in [-0.4, -0.2) is 21.5 Å². The third kappa shape index (κ3) is 10.6. The molecule has 0 radical (unpaired) electrons. The Bertz CT molecular complexity index is 382. The van der Waals surface area contributed by atoms with Gasteiger partial charge in [-0.05, 0) is 19.4 Å². The van der Waals surface area contributed by atoms with Crippen molar-refractivity contribution in [1.82, 2.24) is 0 Å². The molecule has 0 aromatic rings. The van der Waals surface area contributed by atoms with Crippen LogP contribution in [0.1, 0.15) is 52.4 Å². The van der Waals surface area contributed by atoms with Gasteiger partial charge in [-0.15, -0.1) is 0 Å². The van der Waals surface area contributed by atoms with Crippen molar-refractivity contribution in [2.45, 2.75) is 52.4 Å². The Kier molecular flexibility index (Phi) is 8.56. The zero-order valence-electron chi connectivity index (χ0n) is 11.3. The van der Waals surface area contributed by atoms with Crippen molar-refractivity contribution < 1.29 is 28.5 Å². The topological polar surface area (TPSA) is 101 Å². The van der Waals surface area contributed by atoms with E-state index < -0.39 is 13.8 Å². The van der Waals surface area contributed by atoms with E-state index in [1.165, 1.54) is 6.92 Å². The number of rotatable bonds is 9. The van der Waals surface area contributed by atoms with Gasteiger partial charge in [0.15, 0.2) is 5.78 Å². The van der Waals surface area contributed by atoms with Crippen LogP contribution in [0.15, 0.2) is 11.6 Å². The molecular formula is C12H21O6P. The molecular weight excluding hydrogens is 271 g/mol. The Hall–Kier alpha value is -0.970. The molecule has 110 valence electrons. The van der Waals surface area contributed by atoms with Gasteiger partial charge in [-0.3, -0.25) is 14.6 Å². The Morgan fingerprint density at radius 1 is 1.16 bits per heavy atom. The normalized spacial score (nSPS) is 12.3. The highest BCUT2D eigenvalue weighted by molar-refractivity contribution is 7.46. The Balaban J connectivity index is 4.10. The molecule has 6 nitrogen and oxygen atoms in total. The van der Waals surface area contributed by atoms with E-state index in [0.717, 1.165) is 38.2 Å². The second-order valence-electron chi connectivity index (χ2n) is 4.33. The summed E-state index contributed by atoms with van der Waals surface area (Å²) in [6, 6.07) is 0. The number of hydrogen-bond donors (Lipinski definition) is 2. The molecule has 0 rings (SSSR count). The molecule has 0 fully saturated rings. The molecule has 0 saturated carbocycles. The number of carbonyl (C=O) groups is 2. The lowest BCUT2D eigenvalue weighted by Crippen LogP contribution is -2.06. The molecule has 0 saturated heterocycles. The van der Waals surface area contributed by atoms with E-state index in [-0.39, 0.29) is 11.4 Å². The summed E-state index contributed by atoms with van der Waals surface area (Å²) in [5.41, 5.74) is -0.109.